The Morgan fingerprint density at radius 1 is 1.33 bits per heavy atom. The fraction of sp³-hybridized carbons (Fsp3) is 0.389. The molecule has 0 spiro atoms. The SMILES string of the molecule is CN(CC(=O)O)CC1CN(C(=O)c2ccn(-c3ccc(F)cc3)n2)CCO1. The maximum Gasteiger partial charge on any atom is 0.317 e. The number of likely N-dealkylation sites (N-methyl/N-ethyl adjacent to an activating group) is 1. The van der Waals surface area contributed by atoms with Gasteiger partial charge in [-0.05, 0) is 37.4 Å². The summed E-state index contributed by atoms with van der Waals surface area (Å²) in [6.07, 6.45) is 1.39. The van der Waals surface area contributed by atoms with Crippen LogP contribution in [0.5, 0.6) is 0 Å². The van der Waals surface area contributed by atoms with Crippen molar-refractivity contribution in [2.75, 3.05) is 39.8 Å². The normalized spacial score (nSPS) is 17.3. The molecule has 3 rings (SSSR count). The molecular formula is C18H21FN4O4. The van der Waals surface area contributed by atoms with Gasteiger partial charge in [0, 0.05) is 25.8 Å². The van der Waals surface area contributed by atoms with Crippen molar-refractivity contribution in [1.29, 1.82) is 0 Å². The molecule has 27 heavy (non-hydrogen) atoms. The van der Waals surface area contributed by atoms with Crippen molar-refractivity contribution < 1.29 is 23.8 Å². The number of hydrogen-bond acceptors (Lipinski definition) is 5. The molecule has 8 nitrogen and oxygen atoms in total. The van der Waals surface area contributed by atoms with Gasteiger partial charge in [-0.1, -0.05) is 0 Å². The van der Waals surface area contributed by atoms with Gasteiger partial charge in [-0.3, -0.25) is 14.5 Å². The highest BCUT2D eigenvalue weighted by atomic mass is 19.1. The van der Waals surface area contributed by atoms with E-state index in [1.54, 1.807) is 41.2 Å². The van der Waals surface area contributed by atoms with Gasteiger partial charge in [0.1, 0.15) is 5.82 Å². The fourth-order valence-electron chi connectivity index (χ4n) is 2.99. The first-order valence-corrected chi connectivity index (χ1v) is 8.55. The zero-order valence-electron chi connectivity index (χ0n) is 14.9. The fourth-order valence-corrected chi connectivity index (χ4v) is 2.99. The molecule has 1 aromatic heterocycles. The molecule has 2 aromatic rings. The van der Waals surface area contributed by atoms with Crippen molar-refractivity contribution in [1.82, 2.24) is 19.6 Å². The molecule has 1 N–H and O–H groups in total. The number of nitrogens with zero attached hydrogens (tertiary/aromatic N) is 4. The summed E-state index contributed by atoms with van der Waals surface area (Å²) in [7, 11) is 1.70. The predicted molar refractivity (Wildman–Crippen MR) is 94.3 cm³/mol. The number of hydrogen-bond donors (Lipinski definition) is 1. The van der Waals surface area contributed by atoms with E-state index in [0.717, 1.165) is 0 Å². The Morgan fingerprint density at radius 2 is 2.07 bits per heavy atom. The van der Waals surface area contributed by atoms with Gasteiger partial charge in [0.25, 0.3) is 5.91 Å². The van der Waals surface area contributed by atoms with Crippen molar-refractivity contribution in [3.8, 4) is 5.69 Å². The van der Waals surface area contributed by atoms with Crippen LogP contribution in [0.15, 0.2) is 36.5 Å². The van der Waals surface area contributed by atoms with Crippen molar-refractivity contribution in [2.24, 2.45) is 0 Å². The van der Waals surface area contributed by atoms with Crippen LogP contribution in [0.2, 0.25) is 0 Å². The Hall–Kier alpha value is -2.78. The maximum absolute atomic E-state index is 13.0. The van der Waals surface area contributed by atoms with Crippen molar-refractivity contribution in [3.63, 3.8) is 0 Å². The molecule has 144 valence electrons. The number of ether oxygens (including phenoxy) is 1. The second-order valence-electron chi connectivity index (χ2n) is 6.46. The molecule has 0 bridgehead atoms. The van der Waals surface area contributed by atoms with E-state index in [-0.39, 0.29) is 24.4 Å². The minimum absolute atomic E-state index is 0.0874. The predicted octanol–water partition coefficient (Wildman–Crippen LogP) is 0.869. The molecule has 1 aliphatic rings. The standard InChI is InChI=1S/C18H21FN4O4/c1-21(12-17(24)25)10-15-11-22(8-9-27-15)18(26)16-6-7-23(20-16)14-4-2-13(19)3-5-14/h2-7,15H,8-12H2,1H3,(H,24,25). The van der Waals surface area contributed by atoms with Crippen LogP contribution >= 0.6 is 0 Å². The van der Waals surface area contributed by atoms with Crippen LogP contribution in [0, 0.1) is 5.82 Å². The number of morpholine rings is 1. The topological polar surface area (TPSA) is 87.9 Å². The van der Waals surface area contributed by atoms with E-state index in [1.165, 1.54) is 16.8 Å². The van der Waals surface area contributed by atoms with E-state index >= 15 is 0 Å². The first-order chi connectivity index (χ1) is 12.9. The molecule has 9 heteroatoms. The lowest BCUT2D eigenvalue weighted by molar-refractivity contribution is -0.138. The Bertz CT molecular complexity index is 808. The number of aromatic nitrogens is 2. The molecule has 1 amide bonds. The van der Waals surface area contributed by atoms with Gasteiger partial charge in [-0.15, -0.1) is 0 Å². The lowest BCUT2D eigenvalue weighted by atomic mass is 10.2. The van der Waals surface area contributed by atoms with Gasteiger partial charge in [0.15, 0.2) is 5.69 Å². The number of carboxylic acids is 1. The Kier molecular flexibility index (Phi) is 5.82. The summed E-state index contributed by atoms with van der Waals surface area (Å²) in [5.74, 6) is -1.47. The van der Waals surface area contributed by atoms with Gasteiger partial charge < -0.3 is 14.7 Å². The third-order valence-corrected chi connectivity index (χ3v) is 4.25. The first kappa shape index (κ1) is 19.0. The highest BCUT2D eigenvalue weighted by molar-refractivity contribution is 5.92. The minimum Gasteiger partial charge on any atom is -0.480 e. The number of halogens is 1. The quantitative estimate of drug-likeness (QED) is 0.805. The zero-order chi connectivity index (χ0) is 19.4. The summed E-state index contributed by atoms with van der Waals surface area (Å²) in [5, 5.41) is 13.1. The Balaban J connectivity index is 1.63. The van der Waals surface area contributed by atoms with Gasteiger partial charge in [-0.25, -0.2) is 9.07 Å². The molecular weight excluding hydrogens is 355 g/mol. The van der Waals surface area contributed by atoms with Gasteiger partial charge in [0.2, 0.25) is 0 Å². The molecule has 1 saturated heterocycles. The first-order valence-electron chi connectivity index (χ1n) is 8.55. The molecule has 1 aromatic carbocycles. The Labute approximate surface area is 155 Å². The summed E-state index contributed by atoms with van der Waals surface area (Å²) in [6, 6.07) is 7.45. The molecule has 0 radical (unpaired) electrons. The lowest BCUT2D eigenvalue weighted by Crippen LogP contribution is -2.49. The van der Waals surface area contributed by atoms with Gasteiger partial charge in [0.05, 0.1) is 24.9 Å². The number of rotatable bonds is 6. The van der Waals surface area contributed by atoms with Crippen LogP contribution in [0.3, 0.4) is 0 Å². The van der Waals surface area contributed by atoms with Crippen molar-refractivity contribution >= 4 is 11.9 Å². The molecule has 0 saturated carbocycles. The molecule has 1 atom stereocenters. The second-order valence-corrected chi connectivity index (χ2v) is 6.46. The van der Waals surface area contributed by atoms with Crippen molar-refractivity contribution in [3.05, 3.63) is 48.0 Å². The van der Waals surface area contributed by atoms with E-state index < -0.39 is 5.97 Å². The number of aliphatic carboxylic acids is 1. The third kappa shape index (κ3) is 4.89. The van der Waals surface area contributed by atoms with Crippen LogP contribution in [0.25, 0.3) is 5.69 Å². The summed E-state index contributed by atoms with van der Waals surface area (Å²) in [6.45, 7) is 1.53. The van der Waals surface area contributed by atoms with Crippen molar-refractivity contribution in [2.45, 2.75) is 6.10 Å². The summed E-state index contributed by atoms with van der Waals surface area (Å²) < 4.78 is 20.2. The van der Waals surface area contributed by atoms with E-state index in [1.807, 2.05) is 0 Å². The second kappa shape index (κ2) is 8.28. The average molecular weight is 376 g/mol. The molecule has 1 unspecified atom stereocenters. The maximum atomic E-state index is 13.0. The monoisotopic (exact) mass is 376 g/mol. The molecule has 0 aliphatic carbocycles. The zero-order valence-corrected chi connectivity index (χ0v) is 14.9. The highest BCUT2D eigenvalue weighted by Crippen LogP contribution is 2.13. The van der Waals surface area contributed by atoms with Gasteiger partial charge in [-0.2, -0.15) is 5.10 Å². The smallest absolute Gasteiger partial charge is 0.317 e. The van der Waals surface area contributed by atoms with Crippen LogP contribution in [0.4, 0.5) is 4.39 Å². The van der Waals surface area contributed by atoms with Crippen LogP contribution in [0.1, 0.15) is 10.5 Å². The summed E-state index contributed by atoms with van der Waals surface area (Å²) in [4.78, 5) is 26.8. The third-order valence-electron chi connectivity index (χ3n) is 4.25. The number of carbonyl (C=O) groups excluding carboxylic acids is 1. The van der Waals surface area contributed by atoms with E-state index in [0.29, 0.717) is 37.6 Å². The Morgan fingerprint density at radius 3 is 2.78 bits per heavy atom. The largest absolute Gasteiger partial charge is 0.480 e. The van der Waals surface area contributed by atoms with Gasteiger partial charge >= 0.3 is 5.97 Å². The number of carboxylic acid groups (broad SMARTS) is 1. The lowest BCUT2D eigenvalue weighted by Gasteiger charge is -2.34. The average Bonchev–Trinajstić information content (AvgIpc) is 3.11. The van der Waals surface area contributed by atoms with E-state index in [4.69, 9.17) is 9.84 Å². The number of amides is 1. The summed E-state index contributed by atoms with van der Waals surface area (Å²) >= 11 is 0. The van der Waals surface area contributed by atoms with Crippen LogP contribution in [-0.2, 0) is 9.53 Å². The highest BCUT2D eigenvalue weighted by Gasteiger charge is 2.27. The molecule has 1 fully saturated rings. The molecule has 1 aliphatic heterocycles. The molecule has 2 heterocycles. The van der Waals surface area contributed by atoms with E-state index in [2.05, 4.69) is 5.10 Å². The summed E-state index contributed by atoms with van der Waals surface area (Å²) in [5.41, 5.74) is 0.949. The van der Waals surface area contributed by atoms with E-state index in [9.17, 15) is 14.0 Å². The number of carbonyl (C=O) groups is 2. The van der Waals surface area contributed by atoms with Crippen LogP contribution in [-0.4, -0.2) is 82.5 Å². The van der Waals surface area contributed by atoms with Crippen LogP contribution < -0.4 is 0 Å². The number of benzene rings is 1. The minimum atomic E-state index is -0.910.